The van der Waals surface area contributed by atoms with E-state index in [2.05, 4.69) is 15.2 Å². The molecular weight excluding hydrogens is 298 g/mol. The Morgan fingerprint density at radius 1 is 1.45 bits per heavy atom. The molecule has 0 aromatic carbocycles. The molecule has 118 valence electrons. The van der Waals surface area contributed by atoms with Crippen LogP contribution in [0, 0.1) is 6.92 Å². The summed E-state index contributed by atoms with van der Waals surface area (Å²) in [5.74, 6) is 0.620. The zero-order valence-corrected chi connectivity index (χ0v) is 13.6. The third kappa shape index (κ3) is 3.56. The number of carbonyl (C=O) groups excluding carboxylic acids is 1. The number of aryl methyl sites for hydroxylation is 1. The lowest BCUT2D eigenvalue weighted by Crippen LogP contribution is -2.29. The Labute approximate surface area is 134 Å². The van der Waals surface area contributed by atoms with Crippen molar-refractivity contribution in [1.29, 1.82) is 0 Å². The number of amides is 1. The molecule has 0 atom stereocenters. The van der Waals surface area contributed by atoms with Crippen molar-refractivity contribution >= 4 is 17.2 Å². The zero-order chi connectivity index (χ0) is 15.4. The van der Waals surface area contributed by atoms with Crippen molar-refractivity contribution in [2.45, 2.75) is 26.2 Å². The van der Waals surface area contributed by atoms with Gasteiger partial charge in [0.05, 0.1) is 6.26 Å². The average molecular weight is 319 g/mol. The molecule has 3 heterocycles. The van der Waals surface area contributed by atoms with Crippen LogP contribution in [0.3, 0.4) is 0 Å². The number of furan rings is 1. The van der Waals surface area contributed by atoms with Crippen LogP contribution in [0.4, 0.5) is 0 Å². The molecule has 1 aliphatic rings. The van der Waals surface area contributed by atoms with Crippen LogP contribution in [-0.4, -0.2) is 42.0 Å². The summed E-state index contributed by atoms with van der Waals surface area (Å²) >= 11 is 1.49. The molecule has 22 heavy (non-hydrogen) atoms. The van der Waals surface area contributed by atoms with Gasteiger partial charge in [0.25, 0.3) is 5.91 Å². The van der Waals surface area contributed by atoms with Gasteiger partial charge in [0.15, 0.2) is 10.8 Å². The predicted octanol–water partition coefficient (Wildman–Crippen LogP) is 2.93. The van der Waals surface area contributed by atoms with Crippen LogP contribution in [0.15, 0.2) is 22.8 Å². The molecule has 3 rings (SSSR count). The van der Waals surface area contributed by atoms with Gasteiger partial charge >= 0.3 is 0 Å². The Morgan fingerprint density at radius 2 is 2.27 bits per heavy atom. The first-order valence-electron chi connectivity index (χ1n) is 7.76. The number of thiazole rings is 1. The fourth-order valence-electron chi connectivity index (χ4n) is 2.71. The monoisotopic (exact) mass is 319 g/mol. The molecular formula is C16H21N3O2S. The van der Waals surface area contributed by atoms with Gasteiger partial charge in [0.1, 0.15) is 5.69 Å². The Balaban J connectivity index is 1.51. The standard InChI is InChI=1S/C16H21N3O2S/c1-12-14(18-16(22-12)13-6-4-11-21-13)15(20)17-7-5-10-19-8-2-3-9-19/h4,6,11H,2-3,5,7-10H2,1H3,(H,17,20). The van der Waals surface area contributed by atoms with Crippen LogP contribution in [0.2, 0.25) is 0 Å². The Hall–Kier alpha value is -1.66. The van der Waals surface area contributed by atoms with Gasteiger partial charge in [-0.15, -0.1) is 11.3 Å². The molecule has 2 aromatic heterocycles. The summed E-state index contributed by atoms with van der Waals surface area (Å²) in [6.07, 6.45) is 5.21. The predicted molar refractivity (Wildman–Crippen MR) is 87.2 cm³/mol. The highest BCUT2D eigenvalue weighted by Gasteiger charge is 2.17. The van der Waals surface area contributed by atoms with E-state index in [1.165, 1.54) is 37.3 Å². The lowest BCUT2D eigenvalue weighted by Gasteiger charge is -2.14. The van der Waals surface area contributed by atoms with E-state index in [0.717, 1.165) is 22.9 Å². The number of hydrogen-bond acceptors (Lipinski definition) is 5. The van der Waals surface area contributed by atoms with Gasteiger partial charge in [-0.2, -0.15) is 0 Å². The van der Waals surface area contributed by atoms with Gasteiger partial charge in [-0.1, -0.05) is 0 Å². The zero-order valence-electron chi connectivity index (χ0n) is 12.8. The highest BCUT2D eigenvalue weighted by molar-refractivity contribution is 7.15. The van der Waals surface area contributed by atoms with Gasteiger partial charge in [-0.05, 0) is 58.0 Å². The molecule has 1 saturated heterocycles. The van der Waals surface area contributed by atoms with Crippen LogP contribution in [0.1, 0.15) is 34.6 Å². The van der Waals surface area contributed by atoms with Gasteiger partial charge in [-0.25, -0.2) is 4.98 Å². The normalized spacial score (nSPS) is 15.3. The number of nitrogens with zero attached hydrogens (tertiary/aromatic N) is 2. The maximum absolute atomic E-state index is 12.2. The van der Waals surface area contributed by atoms with Crippen molar-refractivity contribution in [3.05, 3.63) is 29.0 Å². The Kier molecular flexibility index (Phi) is 4.90. The van der Waals surface area contributed by atoms with Crippen molar-refractivity contribution in [1.82, 2.24) is 15.2 Å². The summed E-state index contributed by atoms with van der Waals surface area (Å²) in [5.41, 5.74) is 0.512. The molecule has 1 N–H and O–H groups in total. The SMILES string of the molecule is Cc1sc(-c2ccco2)nc1C(=O)NCCCN1CCCC1. The third-order valence-corrected chi connectivity index (χ3v) is 4.86. The van der Waals surface area contributed by atoms with E-state index < -0.39 is 0 Å². The third-order valence-electron chi connectivity index (χ3n) is 3.88. The second-order valence-electron chi connectivity index (χ2n) is 5.56. The first-order valence-corrected chi connectivity index (χ1v) is 8.57. The van der Waals surface area contributed by atoms with Crippen LogP contribution >= 0.6 is 11.3 Å². The number of aromatic nitrogens is 1. The van der Waals surface area contributed by atoms with E-state index in [1.54, 1.807) is 6.26 Å². The van der Waals surface area contributed by atoms with E-state index in [-0.39, 0.29) is 5.91 Å². The van der Waals surface area contributed by atoms with Crippen LogP contribution in [-0.2, 0) is 0 Å². The largest absolute Gasteiger partial charge is 0.462 e. The summed E-state index contributed by atoms with van der Waals surface area (Å²) in [6.45, 7) is 6.08. The highest BCUT2D eigenvalue weighted by Crippen LogP contribution is 2.27. The smallest absolute Gasteiger partial charge is 0.271 e. The number of rotatable bonds is 6. The maximum atomic E-state index is 12.2. The molecule has 1 aliphatic heterocycles. The minimum atomic E-state index is -0.0898. The van der Waals surface area contributed by atoms with Crippen molar-refractivity contribution in [3.63, 3.8) is 0 Å². The van der Waals surface area contributed by atoms with Crippen molar-refractivity contribution < 1.29 is 9.21 Å². The molecule has 2 aromatic rings. The van der Waals surface area contributed by atoms with Crippen molar-refractivity contribution in [3.8, 4) is 10.8 Å². The summed E-state index contributed by atoms with van der Waals surface area (Å²) in [5, 5.41) is 3.72. The molecule has 1 amide bonds. The average Bonchev–Trinajstić information content (AvgIpc) is 3.24. The number of hydrogen-bond donors (Lipinski definition) is 1. The number of nitrogens with one attached hydrogen (secondary N) is 1. The van der Waals surface area contributed by atoms with E-state index in [4.69, 9.17) is 4.42 Å². The Morgan fingerprint density at radius 3 is 3.00 bits per heavy atom. The number of likely N-dealkylation sites (tertiary alicyclic amines) is 1. The fourth-order valence-corrected chi connectivity index (χ4v) is 3.59. The molecule has 0 spiro atoms. The molecule has 0 radical (unpaired) electrons. The topological polar surface area (TPSA) is 58.4 Å². The van der Waals surface area contributed by atoms with Gasteiger partial charge < -0.3 is 14.6 Å². The first kappa shape index (κ1) is 15.2. The van der Waals surface area contributed by atoms with E-state index >= 15 is 0 Å². The minimum absolute atomic E-state index is 0.0898. The van der Waals surface area contributed by atoms with Gasteiger partial charge in [0, 0.05) is 11.4 Å². The quantitative estimate of drug-likeness (QED) is 0.832. The van der Waals surface area contributed by atoms with Gasteiger partial charge in [-0.3, -0.25) is 4.79 Å². The van der Waals surface area contributed by atoms with Crippen molar-refractivity contribution in [2.75, 3.05) is 26.2 Å². The molecule has 0 bridgehead atoms. The lowest BCUT2D eigenvalue weighted by atomic mass is 10.3. The lowest BCUT2D eigenvalue weighted by molar-refractivity contribution is 0.0947. The second kappa shape index (κ2) is 7.07. The second-order valence-corrected chi connectivity index (χ2v) is 6.76. The molecule has 0 saturated carbocycles. The molecule has 6 heteroatoms. The van der Waals surface area contributed by atoms with E-state index in [0.29, 0.717) is 18.0 Å². The summed E-state index contributed by atoms with van der Waals surface area (Å²) in [7, 11) is 0. The molecule has 1 fully saturated rings. The van der Waals surface area contributed by atoms with Crippen LogP contribution in [0.5, 0.6) is 0 Å². The van der Waals surface area contributed by atoms with Crippen LogP contribution < -0.4 is 5.32 Å². The van der Waals surface area contributed by atoms with Crippen LogP contribution in [0.25, 0.3) is 10.8 Å². The van der Waals surface area contributed by atoms with Crippen molar-refractivity contribution in [2.24, 2.45) is 0 Å². The molecule has 0 aliphatic carbocycles. The first-order chi connectivity index (χ1) is 10.7. The highest BCUT2D eigenvalue weighted by atomic mass is 32.1. The molecule has 0 unspecified atom stereocenters. The minimum Gasteiger partial charge on any atom is -0.462 e. The van der Waals surface area contributed by atoms with E-state index in [1.807, 2.05) is 19.1 Å². The fraction of sp³-hybridized carbons (Fsp3) is 0.500. The summed E-state index contributed by atoms with van der Waals surface area (Å²) < 4.78 is 5.33. The summed E-state index contributed by atoms with van der Waals surface area (Å²) in [4.78, 5) is 20.0. The maximum Gasteiger partial charge on any atom is 0.271 e. The summed E-state index contributed by atoms with van der Waals surface area (Å²) in [6, 6.07) is 3.68. The molecule has 5 nitrogen and oxygen atoms in total. The van der Waals surface area contributed by atoms with E-state index in [9.17, 15) is 4.79 Å². The van der Waals surface area contributed by atoms with Gasteiger partial charge in [0.2, 0.25) is 0 Å². The Bertz CT molecular complexity index is 615. The number of carbonyl (C=O) groups is 1.